The Bertz CT molecular complexity index is 167. The first-order chi connectivity index (χ1) is 5.43. The van der Waals surface area contributed by atoms with Gasteiger partial charge in [-0.05, 0) is 6.92 Å². The molecule has 56 valence electrons. The summed E-state index contributed by atoms with van der Waals surface area (Å²) in [6.45, 7) is 2.69. The van der Waals surface area contributed by atoms with Crippen LogP contribution in [0.4, 0.5) is 0 Å². The molecule has 0 amide bonds. The van der Waals surface area contributed by atoms with Gasteiger partial charge in [0.1, 0.15) is 0 Å². The Balaban J connectivity index is 0.000000461. The third-order valence-corrected chi connectivity index (χ3v) is 0.990. The van der Waals surface area contributed by atoms with Crippen LogP contribution >= 0.6 is 13.6 Å². The van der Waals surface area contributed by atoms with Crippen LogP contribution in [-0.4, -0.2) is 6.61 Å². The zero-order chi connectivity index (χ0) is 8.53. The van der Waals surface area contributed by atoms with Crippen molar-refractivity contribution in [3.63, 3.8) is 0 Å². The van der Waals surface area contributed by atoms with Crippen molar-refractivity contribution in [3.05, 3.63) is 30.3 Å². The summed E-state index contributed by atoms with van der Waals surface area (Å²) in [4.78, 5) is 0. The Morgan fingerprint density at radius 3 is 2.82 bits per heavy atom. The molecule has 0 atom stereocenters. The van der Waals surface area contributed by atoms with Gasteiger partial charge < -0.3 is 4.74 Å². The van der Waals surface area contributed by atoms with Crippen molar-refractivity contribution in [2.45, 2.75) is 6.92 Å². The molecule has 1 nitrogen and oxygen atoms in total. The summed E-state index contributed by atoms with van der Waals surface area (Å²) < 4.78 is 5.17. The third-order valence-electron chi connectivity index (χ3n) is 0.990. The van der Waals surface area contributed by atoms with Crippen LogP contribution in [0.25, 0.3) is 0 Å². The van der Waals surface area contributed by atoms with Gasteiger partial charge in [-0.1, -0.05) is 0 Å². The van der Waals surface area contributed by atoms with Crippen molar-refractivity contribution in [1.29, 1.82) is 0 Å². The second kappa shape index (κ2) is 8.22. The average molecular weight is 266 g/mol. The minimum absolute atomic E-state index is 0.720. The summed E-state index contributed by atoms with van der Waals surface area (Å²) >= 11 is 4.25. The summed E-state index contributed by atoms with van der Waals surface area (Å²) in [5.74, 6) is 0.889. The van der Waals surface area contributed by atoms with E-state index in [-0.39, 0.29) is 0 Å². The van der Waals surface area contributed by atoms with Gasteiger partial charge in [-0.2, -0.15) is 18.2 Å². The van der Waals surface area contributed by atoms with Gasteiger partial charge in [0, 0.05) is 5.75 Å². The van der Waals surface area contributed by atoms with Crippen molar-refractivity contribution >= 4 is 13.6 Å². The third kappa shape index (κ3) is 5.40. The maximum atomic E-state index is 5.17. The zero-order valence-corrected chi connectivity index (χ0v) is 11.1. The van der Waals surface area contributed by atoms with Gasteiger partial charge in [0.05, 0.1) is 6.61 Å². The van der Waals surface area contributed by atoms with Gasteiger partial charge in [0.25, 0.3) is 0 Å². The molecule has 0 aliphatic rings. The van der Waals surface area contributed by atoms with E-state index in [1.807, 2.05) is 31.2 Å². The van der Waals surface area contributed by atoms with Crippen LogP contribution in [0.5, 0.6) is 5.75 Å². The standard InChI is InChI=1S/C8H9O.BrH.Zn/c1-2-9-8-6-4-3-5-7-8;;/h3-4,6-7H,2H2,1H3;1H;/q-1;;+2/p-1. The first-order valence-corrected chi connectivity index (χ1v) is 10.2. The number of hydrogen-bond acceptors (Lipinski definition) is 1. The molecule has 1 rings (SSSR count). The second-order valence-corrected chi connectivity index (χ2v) is 1.67. The summed E-state index contributed by atoms with van der Waals surface area (Å²) in [6.07, 6.45) is 0. The van der Waals surface area contributed by atoms with Crippen LogP contribution < -0.4 is 4.74 Å². The van der Waals surface area contributed by atoms with E-state index in [1.165, 1.54) is 16.3 Å². The Morgan fingerprint density at radius 2 is 2.36 bits per heavy atom. The van der Waals surface area contributed by atoms with Gasteiger partial charge >= 0.3 is 30.0 Å². The van der Waals surface area contributed by atoms with E-state index in [4.69, 9.17) is 4.74 Å². The average Bonchev–Trinajstić information content (AvgIpc) is 2.11. The fourth-order valence-electron chi connectivity index (χ4n) is 0.633. The molecule has 3 heteroatoms. The Hall–Kier alpha value is 0.123. The maximum absolute atomic E-state index is 5.17. The predicted octanol–water partition coefficient (Wildman–Crippen LogP) is 2.73. The van der Waals surface area contributed by atoms with Gasteiger partial charge in [-0.3, -0.25) is 0 Å². The molecule has 0 unspecified atom stereocenters. The Labute approximate surface area is 84.2 Å². The monoisotopic (exact) mass is 264 g/mol. The van der Waals surface area contributed by atoms with E-state index in [0.29, 0.717) is 0 Å². The van der Waals surface area contributed by atoms with Crippen molar-refractivity contribution in [2.75, 3.05) is 6.61 Å². The summed E-state index contributed by atoms with van der Waals surface area (Å²) in [6, 6.07) is 10.4. The van der Waals surface area contributed by atoms with E-state index < -0.39 is 0 Å². The topological polar surface area (TPSA) is 9.23 Å². The molecule has 0 radical (unpaired) electrons. The molecule has 0 aromatic heterocycles. The van der Waals surface area contributed by atoms with Crippen LogP contribution in [0.2, 0.25) is 0 Å². The van der Waals surface area contributed by atoms with E-state index in [2.05, 4.69) is 19.7 Å². The summed E-state index contributed by atoms with van der Waals surface area (Å²) in [7, 11) is 0. The predicted molar refractivity (Wildman–Crippen MR) is 45.4 cm³/mol. The molecular formula is C8H9BrOZn. The van der Waals surface area contributed by atoms with Crippen molar-refractivity contribution in [2.24, 2.45) is 0 Å². The van der Waals surface area contributed by atoms with E-state index in [1.54, 1.807) is 0 Å². The SMILES string of the molecule is CCOc1c[c-]ccc1.[Zn+][Br]. The second-order valence-electron chi connectivity index (χ2n) is 1.67. The number of rotatable bonds is 2. The first-order valence-electron chi connectivity index (χ1n) is 3.29. The fourth-order valence-corrected chi connectivity index (χ4v) is 0.633. The van der Waals surface area contributed by atoms with Crippen LogP contribution in [-0.2, 0) is 16.3 Å². The van der Waals surface area contributed by atoms with Crippen LogP contribution in [0.3, 0.4) is 0 Å². The molecule has 1 aromatic rings. The quantitative estimate of drug-likeness (QED) is 0.591. The van der Waals surface area contributed by atoms with E-state index >= 15 is 0 Å². The molecule has 0 heterocycles. The number of hydrogen-bond donors (Lipinski definition) is 0. The van der Waals surface area contributed by atoms with Crippen molar-refractivity contribution in [3.8, 4) is 5.75 Å². The van der Waals surface area contributed by atoms with E-state index in [0.717, 1.165) is 12.4 Å². The normalized spacial score (nSPS) is 8.00. The number of benzene rings is 1. The molecular weight excluding hydrogens is 257 g/mol. The van der Waals surface area contributed by atoms with Crippen LogP contribution in [0, 0.1) is 6.07 Å². The number of halogens is 1. The van der Waals surface area contributed by atoms with Crippen LogP contribution in [0.1, 0.15) is 6.92 Å². The van der Waals surface area contributed by atoms with Gasteiger partial charge in [0.15, 0.2) is 0 Å². The number of ether oxygens (including phenoxy) is 1. The Morgan fingerprint density at radius 1 is 1.64 bits per heavy atom. The van der Waals surface area contributed by atoms with Gasteiger partial charge in [-0.25, -0.2) is 0 Å². The van der Waals surface area contributed by atoms with Crippen molar-refractivity contribution in [1.82, 2.24) is 0 Å². The molecule has 1 aromatic carbocycles. The fraction of sp³-hybridized carbons (Fsp3) is 0.250. The minimum atomic E-state index is 0.720. The molecule has 0 aliphatic heterocycles. The Kier molecular flexibility index (Phi) is 8.31. The molecule has 0 N–H and O–H groups in total. The molecule has 0 saturated heterocycles. The van der Waals surface area contributed by atoms with Gasteiger partial charge in [0.2, 0.25) is 0 Å². The van der Waals surface area contributed by atoms with E-state index in [9.17, 15) is 0 Å². The zero-order valence-electron chi connectivity index (χ0n) is 6.51. The molecule has 11 heavy (non-hydrogen) atoms. The molecule has 0 bridgehead atoms. The van der Waals surface area contributed by atoms with Crippen molar-refractivity contribution < 1.29 is 21.1 Å². The molecule has 0 spiro atoms. The summed E-state index contributed by atoms with van der Waals surface area (Å²) in [5, 5.41) is 0. The first kappa shape index (κ1) is 11.1. The molecule has 0 fully saturated rings. The molecule has 0 saturated carbocycles. The molecule has 0 aliphatic carbocycles. The van der Waals surface area contributed by atoms with Gasteiger partial charge in [-0.15, -0.1) is 12.1 Å². The van der Waals surface area contributed by atoms with Crippen LogP contribution in [0.15, 0.2) is 24.3 Å². The summed E-state index contributed by atoms with van der Waals surface area (Å²) in [5.41, 5.74) is 0.